The predicted octanol–water partition coefficient (Wildman–Crippen LogP) is 0.281. The fourth-order valence-corrected chi connectivity index (χ4v) is 1.37. The molecule has 0 bridgehead atoms. The topological polar surface area (TPSA) is 65.3 Å². The molecule has 4 heteroatoms. The third kappa shape index (κ3) is 2.82. The predicted molar refractivity (Wildman–Crippen MR) is 50.9 cm³/mol. The Balaban J connectivity index is 2.43. The Morgan fingerprint density at radius 3 is 3.08 bits per heavy atom. The van der Waals surface area contributed by atoms with Crippen LogP contribution in [0.25, 0.3) is 0 Å². The van der Waals surface area contributed by atoms with Gasteiger partial charge in [0.25, 0.3) is 0 Å². The summed E-state index contributed by atoms with van der Waals surface area (Å²) in [4.78, 5) is 0. The number of ether oxygens (including phenoxy) is 1. The molecule has 1 aliphatic rings. The van der Waals surface area contributed by atoms with Gasteiger partial charge in [0.2, 0.25) is 5.90 Å². The van der Waals surface area contributed by atoms with Crippen molar-refractivity contribution < 1.29 is 9.84 Å². The van der Waals surface area contributed by atoms with Crippen LogP contribution in [-0.4, -0.2) is 37.3 Å². The van der Waals surface area contributed by atoms with Crippen LogP contribution in [0.1, 0.15) is 12.8 Å². The molecule has 74 valence electrons. The second-order valence-corrected chi connectivity index (χ2v) is 3.09. The summed E-state index contributed by atoms with van der Waals surface area (Å²) in [7, 11) is 1.50. The monoisotopic (exact) mass is 184 g/mol. The van der Waals surface area contributed by atoms with Crippen LogP contribution >= 0.6 is 0 Å². The van der Waals surface area contributed by atoms with Gasteiger partial charge in [-0.25, -0.2) is 0 Å². The van der Waals surface area contributed by atoms with E-state index in [1.165, 1.54) is 7.11 Å². The molecule has 1 heterocycles. The van der Waals surface area contributed by atoms with Gasteiger partial charge in [-0.2, -0.15) is 0 Å². The van der Waals surface area contributed by atoms with Gasteiger partial charge in [-0.15, -0.1) is 0 Å². The summed E-state index contributed by atoms with van der Waals surface area (Å²) in [6.45, 7) is 0.875. The Hall–Kier alpha value is -0.870. The van der Waals surface area contributed by atoms with Crippen LogP contribution in [0.5, 0.6) is 0 Å². The molecule has 0 aliphatic carbocycles. The Morgan fingerprint density at radius 2 is 2.62 bits per heavy atom. The van der Waals surface area contributed by atoms with Gasteiger partial charge in [-0.3, -0.25) is 5.41 Å². The third-order valence-corrected chi connectivity index (χ3v) is 2.20. The van der Waals surface area contributed by atoms with E-state index in [0.717, 1.165) is 18.4 Å². The lowest BCUT2D eigenvalue weighted by molar-refractivity contribution is 0.264. The third-order valence-electron chi connectivity index (χ3n) is 2.20. The lowest BCUT2D eigenvalue weighted by Gasteiger charge is -2.22. The molecule has 1 aliphatic heterocycles. The van der Waals surface area contributed by atoms with Crippen LogP contribution in [-0.2, 0) is 4.74 Å². The fourth-order valence-electron chi connectivity index (χ4n) is 1.37. The van der Waals surface area contributed by atoms with Gasteiger partial charge in [0.05, 0.1) is 7.11 Å². The van der Waals surface area contributed by atoms with Crippen molar-refractivity contribution in [1.82, 2.24) is 5.32 Å². The highest BCUT2D eigenvalue weighted by Gasteiger charge is 2.15. The van der Waals surface area contributed by atoms with Gasteiger partial charge in [-0.05, 0) is 12.8 Å². The average molecular weight is 184 g/mol. The highest BCUT2D eigenvalue weighted by Crippen LogP contribution is 2.10. The Labute approximate surface area is 78.1 Å². The summed E-state index contributed by atoms with van der Waals surface area (Å²) in [6, 6.07) is 0.346. The summed E-state index contributed by atoms with van der Waals surface area (Å²) in [5, 5.41) is 19.4. The number of aliphatic hydroxyl groups excluding tert-OH is 1. The van der Waals surface area contributed by atoms with E-state index in [1.54, 1.807) is 0 Å². The van der Waals surface area contributed by atoms with Gasteiger partial charge in [0.15, 0.2) is 0 Å². The Kier molecular flexibility index (Phi) is 3.92. The largest absolute Gasteiger partial charge is 0.481 e. The molecule has 0 fully saturated rings. The van der Waals surface area contributed by atoms with Gasteiger partial charge >= 0.3 is 0 Å². The highest BCUT2D eigenvalue weighted by molar-refractivity contribution is 5.91. The Morgan fingerprint density at radius 1 is 1.85 bits per heavy atom. The van der Waals surface area contributed by atoms with Crippen molar-refractivity contribution in [2.75, 3.05) is 20.3 Å². The SMILES string of the molecule is COC(=N)C1=CCC(CCO)NC1. The lowest BCUT2D eigenvalue weighted by Crippen LogP contribution is -2.36. The van der Waals surface area contributed by atoms with Crippen LogP contribution < -0.4 is 5.32 Å². The van der Waals surface area contributed by atoms with E-state index < -0.39 is 0 Å². The molecule has 4 nitrogen and oxygen atoms in total. The summed E-state index contributed by atoms with van der Waals surface area (Å²) in [5.74, 6) is 0.231. The van der Waals surface area contributed by atoms with Crippen LogP contribution in [0.4, 0.5) is 0 Å². The smallest absolute Gasteiger partial charge is 0.209 e. The molecule has 1 unspecified atom stereocenters. The molecule has 1 atom stereocenters. The normalized spacial score (nSPS) is 22.3. The van der Waals surface area contributed by atoms with Gasteiger partial charge in [-0.1, -0.05) is 6.08 Å². The summed E-state index contributed by atoms with van der Waals surface area (Å²) >= 11 is 0. The molecule has 0 radical (unpaired) electrons. The second-order valence-electron chi connectivity index (χ2n) is 3.09. The molecule has 0 saturated heterocycles. The number of methoxy groups -OCH3 is 1. The summed E-state index contributed by atoms with van der Waals surface area (Å²) in [5.41, 5.74) is 0.900. The number of hydrogen-bond acceptors (Lipinski definition) is 4. The van der Waals surface area contributed by atoms with Gasteiger partial charge < -0.3 is 15.2 Å². The van der Waals surface area contributed by atoms with Gasteiger partial charge in [0.1, 0.15) is 0 Å². The second kappa shape index (κ2) is 4.99. The summed E-state index contributed by atoms with van der Waals surface area (Å²) in [6.07, 6.45) is 3.63. The standard InChI is InChI=1S/C9H16N2O2/c1-13-9(10)7-2-3-8(4-5-12)11-6-7/h2,8,10-12H,3-6H2,1H3. The molecular formula is C9H16N2O2. The zero-order chi connectivity index (χ0) is 9.68. The first kappa shape index (κ1) is 10.2. The fraction of sp³-hybridized carbons (Fsp3) is 0.667. The summed E-state index contributed by atoms with van der Waals surface area (Å²) < 4.78 is 4.81. The zero-order valence-electron chi connectivity index (χ0n) is 7.84. The minimum atomic E-state index is 0.211. The minimum Gasteiger partial charge on any atom is -0.481 e. The molecule has 0 saturated carbocycles. The van der Waals surface area contributed by atoms with Crippen molar-refractivity contribution in [1.29, 1.82) is 5.41 Å². The number of aliphatic hydroxyl groups is 1. The molecule has 0 aromatic rings. The first-order chi connectivity index (χ1) is 6.27. The van der Waals surface area contributed by atoms with Crippen molar-refractivity contribution in [3.8, 4) is 0 Å². The lowest BCUT2D eigenvalue weighted by atomic mass is 10.0. The average Bonchev–Trinajstić information content (AvgIpc) is 2.18. The van der Waals surface area contributed by atoms with Crippen LogP contribution in [0.15, 0.2) is 11.6 Å². The quantitative estimate of drug-likeness (QED) is 0.436. The van der Waals surface area contributed by atoms with Crippen molar-refractivity contribution in [3.63, 3.8) is 0 Å². The number of hydrogen-bond donors (Lipinski definition) is 3. The van der Waals surface area contributed by atoms with E-state index in [0.29, 0.717) is 12.6 Å². The van der Waals surface area contributed by atoms with E-state index in [2.05, 4.69) is 5.32 Å². The molecule has 13 heavy (non-hydrogen) atoms. The highest BCUT2D eigenvalue weighted by atomic mass is 16.5. The van der Waals surface area contributed by atoms with Crippen molar-refractivity contribution in [2.24, 2.45) is 0 Å². The van der Waals surface area contributed by atoms with Crippen molar-refractivity contribution >= 4 is 5.90 Å². The minimum absolute atomic E-state index is 0.211. The van der Waals surface area contributed by atoms with Gasteiger partial charge in [0, 0.05) is 24.8 Å². The molecule has 1 rings (SSSR count). The molecule has 3 N–H and O–H groups in total. The molecule has 0 spiro atoms. The van der Waals surface area contributed by atoms with E-state index in [-0.39, 0.29) is 12.5 Å². The molecular weight excluding hydrogens is 168 g/mol. The van der Waals surface area contributed by atoms with Crippen LogP contribution in [0, 0.1) is 5.41 Å². The van der Waals surface area contributed by atoms with E-state index in [9.17, 15) is 0 Å². The maximum absolute atomic E-state index is 8.71. The van der Waals surface area contributed by atoms with Crippen LogP contribution in [0.3, 0.4) is 0 Å². The molecule has 0 aromatic heterocycles. The Bertz CT molecular complexity index is 214. The van der Waals surface area contributed by atoms with E-state index in [4.69, 9.17) is 15.3 Å². The molecule has 0 aromatic carbocycles. The number of nitrogens with one attached hydrogen (secondary N) is 2. The first-order valence-corrected chi connectivity index (χ1v) is 4.44. The van der Waals surface area contributed by atoms with Crippen molar-refractivity contribution in [2.45, 2.75) is 18.9 Å². The molecule has 0 amide bonds. The maximum atomic E-state index is 8.71. The van der Waals surface area contributed by atoms with Crippen LogP contribution in [0.2, 0.25) is 0 Å². The zero-order valence-corrected chi connectivity index (χ0v) is 7.84. The van der Waals surface area contributed by atoms with E-state index in [1.807, 2.05) is 6.08 Å². The first-order valence-electron chi connectivity index (χ1n) is 4.44. The van der Waals surface area contributed by atoms with E-state index >= 15 is 0 Å². The number of rotatable bonds is 3. The maximum Gasteiger partial charge on any atom is 0.209 e. The van der Waals surface area contributed by atoms with Crippen molar-refractivity contribution in [3.05, 3.63) is 11.6 Å².